The van der Waals surface area contributed by atoms with Crippen molar-refractivity contribution in [3.63, 3.8) is 0 Å². The van der Waals surface area contributed by atoms with Crippen molar-refractivity contribution in [2.45, 2.75) is 45.1 Å². The molecule has 2 aromatic rings. The highest BCUT2D eigenvalue weighted by Crippen LogP contribution is 2.27. The van der Waals surface area contributed by atoms with Crippen LogP contribution in [0, 0.1) is 5.92 Å². The summed E-state index contributed by atoms with van der Waals surface area (Å²) in [6.45, 7) is 7.14. The number of hydrogen-bond acceptors (Lipinski definition) is 3. The van der Waals surface area contributed by atoms with Gasteiger partial charge in [0.1, 0.15) is 0 Å². The zero-order valence-electron chi connectivity index (χ0n) is 16.9. The number of hydrogen-bond donors (Lipinski definition) is 1. The molecule has 0 spiro atoms. The smallest absolute Gasteiger partial charge is 0.243 e. The van der Waals surface area contributed by atoms with Gasteiger partial charge in [-0.05, 0) is 55.4 Å². The number of rotatable bonds is 7. The fourth-order valence-corrected chi connectivity index (χ4v) is 4.19. The van der Waals surface area contributed by atoms with E-state index in [9.17, 15) is 9.59 Å². The molecule has 1 aliphatic heterocycles. The lowest BCUT2D eigenvalue weighted by molar-refractivity contribution is -0.135. The van der Waals surface area contributed by atoms with E-state index in [4.69, 9.17) is 0 Å². The molecule has 3 rings (SSSR count). The fourth-order valence-electron chi connectivity index (χ4n) is 4.19. The van der Waals surface area contributed by atoms with E-state index in [0.717, 1.165) is 48.7 Å². The van der Waals surface area contributed by atoms with Gasteiger partial charge in [-0.1, -0.05) is 19.6 Å². The van der Waals surface area contributed by atoms with Crippen LogP contribution in [0.4, 0.5) is 0 Å². The Bertz CT molecular complexity index is 857. The van der Waals surface area contributed by atoms with Crippen LogP contribution in [0.15, 0.2) is 37.1 Å². The molecule has 1 aliphatic rings. The number of nitrogens with one attached hydrogen (secondary N) is 1. The maximum Gasteiger partial charge on any atom is 0.243 e. The van der Waals surface area contributed by atoms with Crippen molar-refractivity contribution in [3.8, 4) is 0 Å². The SMILES string of the molecule is C=CC(=O)NCCCC1C(C)CCCN1C(=O)Cc1ccc2c(cnn2C)c1. The van der Waals surface area contributed by atoms with Gasteiger partial charge in [0.25, 0.3) is 0 Å². The van der Waals surface area contributed by atoms with Gasteiger partial charge in [-0.2, -0.15) is 5.10 Å². The van der Waals surface area contributed by atoms with Crippen LogP contribution in [-0.2, 0) is 23.1 Å². The lowest BCUT2D eigenvalue weighted by Crippen LogP contribution is -2.48. The van der Waals surface area contributed by atoms with Gasteiger partial charge in [-0.15, -0.1) is 0 Å². The summed E-state index contributed by atoms with van der Waals surface area (Å²) in [6.07, 6.45) is 7.52. The summed E-state index contributed by atoms with van der Waals surface area (Å²) in [5.74, 6) is 0.527. The Morgan fingerprint density at radius 1 is 1.39 bits per heavy atom. The van der Waals surface area contributed by atoms with Crippen LogP contribution in [0.5, 0.6) is 0 Å². The first-order valence-corrected chi connectivity index (χ1v) is 10.1. The summed E-state index contributed by atoms with van der Waals surface area (Å²) in [4.78, 5) is 26.4. The van der Waals surface area contributed by atoms with Crippen LogP contribution in [0.2, 0.25) is 0 Å². The molecule has 6 heteroatoms. The summed E-state index contributed by atoms with van der Waals surface area (Å²) in [7, 11) is 1.92. The van der Waals surface area contributed by atoms with Crippen LogP contribution in [0.1, 0.15) is 38.2 Å². The number of fused-ring (bicyclic) bond motifs is 1. The van der Waals surface area contributed by atoms with Crippen LogP contribution in [0.25, 0.3) is 10.9 Å². The maximum absolute atomic E-state index is 13.1. The second-order valence-corrected chi connectivity index (χ2v) is 7.75. The predicted octanol–water partition coefficient (Wildman–Crippen LogP) is 2.83. The topological polar surface area (TPSA) is 67.2 Å². The third kappa shape index (κ3) is 4.61. The average Bonchev–Trinajstić information content (AvgIpc) is 3.06. The highest BCUT2D eigenvalue weighted by molar-refractivity contribution is 5.86. The summed E-state index contributed by atoms with van der Waals surface area (Å²) in [5, 5.41) is 8.16. The molecule has 2 amide bonds. The van der Waals surface area contributed by atoms with Gasteiger partial charge < -0.3 is 10.2 Å². The largest absolute Gasteiger partial charge is 0.353 e. The van der Waals surface area contributed by atoms with Gasteiger partial charge in [0.2, 0.25) is 11.8 Å². The third-order valence-corrected chi connectivity index (χ3v) is 5.76. The Hall–Kier alpha value is -2.63. The van der Waals surface area contributed by atoms with E-state index in [1.165, 1.54) is 6.08 Å². The van der Waals surface area contributed by atoms with E-state index in [0.29, 0.717) is 18.9 Å². The number of piperidine rings is 1. The van der Waals surface area contributed by atoms with E-state index in [1.54, 1.807) is 0 Å². The zero-order valence-corrected chi connectivity index (χ0v) is 16.9. The number of benzene rings is 1. The Kier molecular flexibility index (Phi) is 6.49. The Balaban J connectivity index is 1.63. The molecule has 0 aliphatic carbocycles. The van der Waals surface area contributed by atoms with Crippen molar-refractivity contribution < 1.29 is 9.59 Å². The number of aromatic nitrogens is 2. The van der Waals surface area contributed by atoms with Gasteiger partial charge in [-0.3, -0.25) is 14.3 Å². The average molecular weight is 383 g/mol. The second kappa shape index (κ2) is 9.04. The first-order valence-electron chi connectivity index (χ1n) is 10.1. The molecule has 1 N–H and O–H groups in total. The minimum atomic E-state index is -0.143. The molecule has 1 saturated heterocycles. The molecule has 6 nitrogen and oxygen atoms in total. The van der Waals surface area contributed by atoms with Crippen LogP contribution in [0.3, 0.4) is 0 Å². The van der Waals surface area contributed by atoms with Gasteiger partial charge in [0.15, 0.2) is 0 Å². The van der Waals surface area contributed by atoms with Crippen molar-refractivity contribution >= 4 is 22.7 Å². The number of aryl methyl sites for hydroxylation is 1. The Morgan fingerprint density at radius 2 is 2.21 bits per heavy atom. The molecule has 1 aromatic carbocycles. The Morgan fingerprint density at radius 3 is 3.00 bits per heavy atom. The van der Waals surface area contributed by atoms with E-state index in [1.807, 2.05) is 30.1 Å². The highest BCUT2D eigenvalue weighted by atomic mass is 16.2. The second-order valence-electron chi connectivity index (χ2n) is 7.75. The van der Waals surface area contributed by atoms with E-state index >= 15 is 0 Å². The molecule has 0 radical (unpaired) electrons. The van der Waals surface area contributed by atoms with Crippen LogP contribution >= 0.6 is 0 Å². The maximum atomic E-state index is 13.1. The fraction of sp³-hybridized carbons (Fsp3) is 0.500. The van der Waals surface area contributed by atoms with Gasteiger partial charge in [0.05, 0.1) is 18.1 Å². The minimum Gasteiger partial charge on any atom is -0.353 e. The van der Waals surface area contributed by atoms with E-state index in [2.05, 4.69) is 34.9 Å². The molecule has 1 aromatic heterocycles. The molecule has 1 fully saturated rings. The molecule has 28 heavy (non-hydrogen) atoms. The predicted molar refractivity (Wildman–Crippen MR) is 111 cm³/mol. The van der Waals surface area contributed by atoms with Crippen molar-refractivity contribution in [2.75, 3.05) is 13.1 Å². The zero-order chi connectivity index (χ0) is 20.1. The van der Waals surface area contributed by atoms with Crippen molar-refractivity contribution in [1.82, 2.24) is 20.0 Å². The highest BCUT2D eigenvalue weighted by Gasteiger charge is 2.31. The monoisotopic (exact) mass is 382 g/mol. The molecule has 2 heterocycles. The van der Waals surface area contributed by atoms with Gasteiger partial charge in [-0.25, -0.2) is 0 Å². The summed E-state index contributed by atoms with van der Waals surface area (Å²) in [5.41, 5.74) is 2.10. The number of carbonyl (C=O) groups is 2. The van der Waals surface area contributed by atoms with E-state index in [-0.39, 0.29) is 17.9 Å². The molecule has 2 unspecified atom stereocenters. The lowest BCUT2D eigenvalue weighted by atomic mass is 9.87. The lowest BCUT2D eigenvalue weighted by Gasteiger charge is -2.40. The molecular weight excluding hydrogens is 352 g/mol. The number of nitrogens with zero attached hydrogens (tertiary/aromatic N) is 3. The first kappa shape index (κ1) is 20.1. The number of amides is 2. The van der Waals surface area contributed by atoms with Crippen LogP contribution in [-0.4, -0.2) is 45.6 Å². The number of likely N-dealkylation sites (tertiary alicyclic amines) is 1. The first-order chi connectivity index (χ1) is 13.5. The van der Waals surface area contributed by atoms with Crippen molar-refractivity contribution in [2.24, 2.45) is 13.0 Å². The molecule has 150 valence electrons. The molecular formula is C22H30N4O2. The molecule has 0 saturated carbocycles. The quantitative estimate of drug-likeness (QED) is 0.591. The summed E-state index contributed by atoms with van der Waals surface area (Å²) >= 11 is 0. The van der Waals surface area contributed by atoms with Gasteiger partial charge >= 0.3 is 0 Å². The minimum absolute atomic E-state index is 0.143. The summed E-state index contributed by atoms with van der Waals surface area (Å²) in [6, 6.07) is 6.36. The molecule has 2 atom stereocenters. The third-order valence-electron chi connectivity index (χ3n) is 5.76. The van der Waals surface area contributed by atoms with Crippen LogP contribution < -0.4 is 5.32 Å². The standard InChI is InChI=1S/C22H30N4O2/c1-4-21(27)23-11-5-8-19-16(2)7-6-12-26(19)22(28)14-17-9-10-20-18(13-17)15-24-25(20)3/h4,9-10,13,15-16,19H,1,5-8,11-12,14H2,2-3H3,(H,23,27). The number of carbonyl (C=O) groups excluding carboxylic acids is 2. The Labute approximate surface area is 166 Å². The van der Waals surface area contributed by atoms with Crippen molar-refractivity contribution in [1.29, 1.82) is 0 Å². The molecule has 0 bridgehead atoms. The van der Waals surface area contributed by atoms with E-state index < -0.39 is 0 Å². The normalized spacial score (nSPS) is 19.6. The summed E-state index contributed by atoms with van der Waals surface area (Å²) < 4.78 is 1.84. The van der Waals surface area contributed by atoms with Crippen molar-refractivity contribution in [3.05, 3.63) is 42.6 Å². The van der Waals surface area contributed by atoms with Gasteiger partial charge in [0, 0.05) is 31.6 Å².